The second-order valence-corrected chi connectivity index (χ2v) is 12.1. The lowest BCUT2D eigenvalue weighted by atomic mass is 10.4. The molecule has 0 fully saturated rings. The molecule has 1 N–H and O–H groups in total. The van der Waals surface area contributed by atoms with Crippen LogP contribution in [-0.4, -0.2) is 24.6 Å². The van der Waals surface area contributed by atoms with Gasteiger partial charge in [-0.3, -0.25) is 4.98 Å². The summed E-state index contributed by atoms with van der Waals surface area (Å²) in [5, 5.41) is 0.757. The van der Waals surface area contributed by atoms with Crippen molar-refractivity contribution in [2.24, 2.45) is 0 Å². The fourth-order valence-electron chi connectivity index (χ4n) is 1.63. The predicted molar refractivity (Wildman–Crippen MR) is 80.4 cm³/mol. The summed E-state index contributed by atoms with van der Waals surface area (Å²) in [5.74, 6) is 0. The molecule has 2 aromatic rings. The van der Waals surface area contributed by atoms with E-state index >= 15 is 0 Å². The third-order valence-electron chi connectivity index (χ3n) is 2.79. The second-order valence-electron chi connectivity index (χ2n) is 5.72. The summed E-state index contributed by atoms with van der Waals surface area (Å²) in [6.45, 7) is 8.24. The average molecular weight is 319 g/mol. The Hall–Kier alpha value is -0.623. The first-order chi connectivity index (χ1) is 8.87. The zero-order chi connectivity index (χ0) is 14.0. The Labute approximate surface area is 123 Å². The van der Waals surface area contributed by atoms with Gasteiger partial charge in [-0.1, -0.05) is 36.2 Å². The molecule has 0 unspecified atom stereocenters. The number of pyridine rings is 1. The minimum Gasteiger partial charge on any atom is -0.348 e. The summed E-state index contributed by atoms with van der Waals surface area (Å²) < 4.78 is 7.58. The normalized spacial score (nSPS) is 12.3. The Bertz CT molecular complexity index is 580. The van der Waals surface area contributed by atoms with Gasteiger partial charge in [0.05, 0.1) is 5.02 Å². The number of hydrogen-bond acceptors (Lipinski definition) is 2. The summed E-state index contributed by atoms with van der Waals surface area (Å²) in [6.07, 6.45) is 1.82. The standard InChI is InChI=1S/C12H17Cl2N3OSi/c1-19(2,3)5-4-18-8-17-7-15-10-6-9(13)11(14)16-12(10)17/h6-7H,4-5,8H2,1-3H3/p+1. The summed E-state index contributed by atoms with van der Waals surface area (Å²) in [5.41, 5.74) is 1.60. The highest BCUT2D eigenvalue weighted by Crippen LogP contribution is 2.21. The lowest BCUT2D eigenvalue weighted by Gasteiger charge is -2.14. The van der Waals surface area contributed by atoms with Crippen molar-refractivity contribution >= 4 is 42.4 Å². The monoisotopic (exact) mass is 318 g/mol. The molecule has 0 aliphatic rings. The molecule has 0 saturated heterocycles. The number of rotatable bonds is 5. The fourth-order valence-corrected chi connectivity index (χ4v) is 2.67. The third kappa shape index (κ3) is 3.92. The lowest BCUT2D eigenvalue weighted by Crippen LogP contribution is -2.35. The fraction of sp³-hybridized carbons (Fsp3) is 0.500. The maximum Gasteiger partial charge on any atom is 0.305 e. The first-order valence-corrected chi connectivity index (χ1v) is 10.6. The molecule has 104 valence electrons. The highest BCUT2D eigenvalue weighted by Gasteiger charge is 2.16. The molecule has 2 heterocycles. The van der Waals surface area contributed by atoms with Crippen molar-refractivity contribution in [1.29, 1.82) is 0 Å². The van der Waals surface area contributed by atoms with E-state index in [0.717, 1.165) is 23.8 Å². The molecule has 7 heteroatoms. The van der Waals surface area contributed by atoms with Gasteiger partial charge in [-0.2, -0.15) is 0 Å². The zero-order valence-corrected chi connectivity index (χ0v) is 13.8. The number of H-pyrrole nitrogens is 1. The molecular weight excluding hydrogens is 301 g/mol. The van der Waals surface area contributed by atoms with E-state index in [0.29, 0.717) is 16.9 Å². The number of hydrogen-bond donors (Lipinski definition) is 1. The Morgan fingerprint density at radius 3 is 2.79 bits per heavy atom. The van der Waals surface area contributed by atoms with Crippen molar-refractivity contribution in [1.82, 2.24) is 9.97 Å². The largest absolute Gasteiger partial charge is 0.348 e. The smallest absolute Gasteiger partial charge is 0.305 e. The highest BCUT2D eigenvalue weighted by atomic mass is 35.5. The highest BCUT2D eigenvalue weighted by molar-refractivity contribution is 6.76. The van der Waals surface area contributed by atoms with Crippen molar-refractivity contribution in [3.8, 4) is 0 Å². The van der Waals surface area contributed by atoms with Crippen molar-refractivity contribution in [2.45, 2.75) is 32.4 Å². The molecule has 0 aliphatic heterocycles. The van der Waals surface area contributed by atoms with E-state index in [9.17, 15) is 0 Å². The van der Waals surface area contributed by atoms with E-state index in [-0.39, 0.29) is 0 Å². The van der Waals surface area contributed by atoms with E-state index in [1.165, 1.54) is 0 Å². The number of ether oxygens (including phenoxy) is 1. The molecule has 4 nitrogen and oxygen atoms in total. The summed E-state index contributed by atoms with van der Waals surface area (Å²) in [6, 6.07) is 2.92. The lowest BCUT2D eigenvalue weighted by molar-refractivity contribution is -0.710. The van der Waals surface area contributed by atoms with Gasteiger partial charge in [0.2, 0.25) is 5.15 Å². The molecule has 0 spiro atoms. The maximum atomic E-state index is 5.93. The van der Waals surface area contributed by atoms with Gasteiger partial charge in [-0.05, 0) is 17.6 Å². The first kappa shape index (κ1) is 14.8. The molecule has 0 bridgehead atoms. The van der Waals surface area contributed by atoms with Gasteiger partial charge in [0, 0.05) is 20.7 Å². The number of imidazole rings is 1. The third-order valence-corrected chi connectivity index (χ3v) is 5.16. The van der Waals surface area contributed by atoms with Gasteiger partial charge in [-0.15, -0.1) is 0 Å². The van der Waals surface area contributed by atoms with Crippen LogP contribution in [0.4, 0.5) is 0 Å². The first-order valence-electron chi connectivity index (χ1n) is 6.17. The molecular formula is C12H18Cl2N3OSi+. The Balaban J connectivity index is 2.03. The van der Waals surface area contributed by atoms with E-state index < -0.39 is 8.07 Å². The number of aromatic amines is 1. The van der Waals surface area contributed by atoms with E-state index in [1.54, 1.807) is 6.07 Å². The number of aromatic nitrogens is 3. The van der Waals surface area contributed by atoms with Crippen molar-refractivity contribution in [3.05, 3.63) is 22.6 Å². The molecule has 2 rings (SSSR count). The van der Waals surface area contributed by atoms with Crippen LogP contribution in [0.15, 0.2) is 12.4 Å². The molecule has 2 aromatic heterocycles. The van der Waals surface area contributed by atoms with Crippen LogP contribution in [-0.2, 0) is 11.5 Å². The van der Waals surface area contributed by atoms with Gasteiger partial charge in [0.25, 0.3) is 0 Å². The number of nitrogens with one attached hydrogen (secondary N) is 1. The minimum atomic E-state index is -1.05. The van der Waals surface area contributed by atoms with Crippen LogP contribution in [0, 0.1) is 0 Å². The molecule has 0 aromatic carbocycles. The van der Waals surface area contributed by atoms with Crippen LogP contribution in [0.5, 0.6) is 0 Å². The molecule has 0 aliphatic carbocycles. The van der Waals surface area contributed by atoms with Gasteiger partial charge in [0.15, 0.2) is 18.6 Å². The molecule has 19 heavy (non-hydrogen) atoms. The Morgan fingerprint density at radius 1 is 1.37 bits per heavy atom. The number of halogens is 2. The quantitative estimate of drug-likeness (QED) is 0.397. The van der Waals surface area contributed by atoms with Gasteiger partial charge >= 0.3 is 5.65 Å². The van der Waals surface area contributed by atoms with E-state index in [4.69, 9.17) is 27.9 Å². The molecule has 0 radical (unpaired) electrons. The Kier molecular flexibility index (Phi) is 4.50. The van der Waals surface area contributed by atoms with Crippen LogP contribution < -0.4 is 4.57 Å². The maximum absolute atomic E-state index is 5.93. The minimum absolute atomic E-state index is 0.310. The topological polar surface area (TPSA) is 41.8 Å². The van der Waals surface area contributed by atoms with E-state index in [2.05, 4.69) is 29.6 Å². The Morgan fingerprint density at radius 2 is 2.11 bits per heavy atom. The van der Waals surface area contributed by atoms with Crippen molar-refractivity contribution in [3.63, 3.8) is 0 Å². The van der Waals surface area contributed by atoms with Crippen LogP contribution in [0.25, 0.3) is 11.2 Å². The van der Waals surface area contributed by atoms with Gasteiger partial charge in [0.1, 0.15) is 0 Å². The molecule has 0 atom stereocenters. The van der Waals surface area contributed by atoms with Gasteiger partial charge in [-0.25, -0.2) is 4.57 Å². The van der Waals surface area contributed by atoms with Crippen LogP contribution >= 0.6 is 23.2 Å². The summed E-state index contributed by atoms with van der Waals surface area (Å²) in [7, 11) is -1.05. The second kappa shape index (κ2) is 5.79. The van der Waals surface area contributed by atoms with Crippen molar-refractivity contribution < 1.29 is 9.30 Å². The van der Waals surface area contributed by atoms with Crippen LogP contribution in [0.1, 0.15) is 0 Å². The van der Waals surface area contributed by atoms with Crippen molar-refractivity contribution in [2.75, 3.05) is 6.61 Å². The van der Waals surface area contributed by atoms with E-state index in [1.807, 2.05) is 10.9 Å². The van der Waals surface area contributed by atoms with Crippen LogP contribution in [0.2, 0.25) is 35.9 Å². The van der Waals surface area contributed by atoms with Gasteiger partial charge < -0.3 is 4.74 Å². The number of nitrogens with zero attached hydrogens (tertiary/aromatic N) is 2. The summed E-state index contributed by atoms with van der Waals surface area (Å²) in [4.78, 5) is 7.36. The summed E-state index contributed by atoms with van der Waals surface area (Å²) >= 11 is 11.9. The number of fused-ring (bicyclic) bond motifs is 1. The molecule has 0 amide bonds. The van der Waals surface area contributed by atoms with Crippen LogP contribution in [0.3, 0.4) is 0 Å². The SMILES string of the molecule is C[Si](C)(C)CCOC[n+]1c[nH]c2cc(Cl)c(Cl)nc21. The average Bonchev–Trinajstić information content (AvgIpc) is 2.67. The zero-order valence-electron chi connectivity index (χ0n) is 11.3. The molecule has 0 saturated carbocycles. The predicted octanol–water partition coefficient (Wildman–Crippen LogP) is 3.47.